The molecule has 0 bridgehead atoms. The molecule has 0 radical (unpaired) electrons. The number of benzene rings is 1. The van der Waals surface area contributed by atoms with E-state index in [4.69, 9.17) is 18.9 Å². The van der Waals surface area contributed by atoms with E-state index in [0.717, 1.165) is 17.1 Å². The predicted octanol–water partition coefficient (Wildman–Crippen LogP) is 2.16. The molecule has 36 heavy (non-hydrogen) atoms. The molecule has 0 aliphatic carbocycles. The van der Waals surface area contributed by atoms with E-state index in [2.05, 4.69) is 28.6 Å². The number of amides is 1. The van der Waals surface area contributed by atoms with Gasteiger partial charge in [0.1, 0.15) is 18.3 Å². The van der Waals surface area contributed by atoms with E-state index >= 15 is 0 Å². The van der Waals surface area contributed by atoms with Crippen LogP contribution in [0.3, 0.4) is 0 Å². The van der Waals surface area contributed by atoms with Gasteiger partial charge in [0.05, 0.1) is 12.6 Å². The van der Waals surface area contributed by atoms with Gasteiger partial charge < -0.3 is 29.0 Å². The third-order valence-corrected chi connectivity index (χ3v) is 6.35. The Kier molecular flexibility index (Phi) is 8.31. The number of ether oxygens (including phenoxy) is 4. The Morgan fingerprint density at radius 3 is 2.89 bits per heavy atom. The van der Waals surface area contributed by atoms with E-state index in [-0.39, 0.29) is 49.9 Å². The van der Waals surface area contributed by atoms with E-state index in [1.807, 2.05) is 32.2 Å². The molecule has 1 aromatic carbocycles. The second kappa shape index (κ2) is 11.6. The lowest BCUT2D eigenvalue weighted by molar-refractivity contribution is 0.0325. The quantitative estimate of drug-likeness (QED) is 0.585. The second-order valence-electron chi connectivity index (χ2n) is 9.32. The van der Waals surface area contributed by atoms with E-state index in [1.165, 1.54) is 0 Å². The molecular formula is C27H33N3O6. The Bertz CT molecular complexity index is 1140. The highest BCUT2D eigenvalue weighted by molar-refractivity contribution is 5.97. The third kappa shape index (κ3) is 5.90. The fourth-order valence-electron chi connectivity index (χ4n) is 4.32. The van der Waals surface area contributed by atoms with Crippen LogP contribution in [0.15, 0.2) is 30.5 Å². The van der Waals surface area contributed by atoms with Crippen LogP contribution in [0.1, 0.15) is 35.3 Å². The molecular weight excluding hydrogens is 462 g/mol. The van der Waals surface area contributed by atoms with E-state index < -0.39 is 0 Å². The molecule has 0 fully saturated rings. The maximum absolute atomic E-state index is 13.5. The SMILES string of the molecule is COCC#Cc1cnc2c(c1)C(=O)N([C@H](C)CO)C[C@H](C)[C@@H](CN(C)Cc1ccc3c(c1)OCO3)O2. The highest BCUT2D eigenvalue weighted by Gasteiger charge is 2.34. The van der Waals surface area contributed by atoms with Crippen LogP contribution in [-0.2, 0) is 11.3 Å². The fraction of sp³-hybridized carbons (Fsp3) is 0.481. The van der Waals surface area contributed by atoms with Crippen molar-refractivity contribution < 1.29 is 28.8 Å². The lowest BCUT2D eigenvalue weighted by Gasteiger charge is -2.37. The zero-order chi connectivity index (χ0) is 25.7. The molecule has 192 valence electrons. The van der Waals surface area contributed by atoms with Crippen LogP contribution in [0.2, 0.25) is 0 Å². The van der Waals surface area contributed by atoms with E-state index in [1.54, 1.807) is 24.3 Å². The summed E-state index contributed by atoms with van der Waals surface area (Å²) >= 11 is 0. The number of hydrogen-bond donors (Lipinski definition) is 1. The number of aliphatic hydroxyl groups excluding tert-OH is 1. The molecule has 1 N–H and O–H groups in total. The molecule has 9 heteroatoms. The van der Waals surface area contributed by atoms with Crippen molar-refractivity contribution >= 4 is 5.91 Å². The number of fused-ring (bicyclic) bond motifs is 2. The van der Waals surface area contributed by atoms with Gasteiger partial charge in [0.2, 0.25) is 12.7 Å². The standard InChI is InChI=1S/C27H33N3O6/c1-18-13-30(19(2)16-31)27(32)22-10-20(6-5-9-33-4)12-28-26(22)36-25(18)15-29(3)14-21-7-8-23-24(11-21)35-17-34-23/h7-8,10-12,18-19,25,31H,9,13-17H2,1-4H3/t18-,19+,25+/m0/s1. The molecule has 2 aliphatic rings. The van der Waals surface area contributed by atoms with Gasteiger partial charge in [-0.15, -0.1) is 0 Å². The van der Waals surface area contributed by atoms with Crippen LogP contribution < -0.4 is 14.2 Å². The smallest absolute Gasteiger partial charge is 0.259 e. The summed E-state index contributed by atoms with van der Waals surface area (Å²) in [7, 11) is 3.60. The van der Waals surface area contributed by atoms with Gasteiger partial charge in [-0.1, -0.05) is 24.8 Å². The van der Waals surface area contributed by atoms with Gasteiger partial charge in [0.25, 0.3) is 5.91 Å². The van der Waals surface area contributed by atoms with Gasteiger partial charge in [-0.25, -0.2) is 4.98 Å². The van der Waals surface area contributed by atoms with Crippen LogP contribution in [0.25, 0.3) is 0 Å². The van der Waals surface area contributed by atoms with Gasteiger partial charge in [0, 0.05) is 44.4 Å². The summed E-state index contributed by atoms with van der Waals surface area (Å²) in [6.45, 7) is 6.03. The summed E-state index contributed by atoms with van der Waals surface area (Å²) in [6.07, 6.45) is 1.37. The highest BCUT2D eigenvalue weighted by atomic mass is 16.7. The van der Waals surface area contributed by atoms with Crippen molar-refractivity contribution in [3.8, 4) is 29.2 Å². The van der Waals surface area contributed by atoms with Gasteiger partial charge in [-0.3, -0.25) is 9.69 Å². The number of methoxy groups -OCH3 is 1. The highest BCUT2D eigenvalue weighted by Crippen LogP contribution is 2.33. The molecule has 3 atom stereocenters. The molecule has 2 aliphatic heterocycles. The molecule has 0 saturated heterocycles. The zero-order valence-electron chi connectivity index (χ0n) is 21.2. The van der Waals surface area contributed by atoms with Crippen molar-refractivity contribution in [2.75, 3.05) is 47.3 Å². The Morgan fingerprint density at radius 1 is 1.31 bits per heavy atom. The second-order valence-corrected chi connectivity index (χ2v) is 9.32. The lowest BCUT2D eigenvalue weighted by Crippen LogP contribution is -2.49. The van der Waals surface area contributed by atoms with Crippen molar-refractivity contribution in [2.24, 2.45) is 5.92 Å². The van der Waals surface area contributed by atoms with Crippen LogP contribution in [0.5, 0.6) is 17.4 Å². The number of carbonyl (C=O) groups excluding carboxylic acids is 1. The number of nitrogens with zero attached hydrogens (tertiary/aromatic N) is 3. The maximum atomic E-state index is 13.5. The van der Waals surface area contributed by atoms with Gasteiger partial charge in [-0.05, 0) is 37.7 Å². The first-order valence-electron chi connectivity index (χ1n) is 12.0. The summed E-state index contributed by atoms with van der Waals surface area (Å²) in [5.74, 6) is 7.42. The first-order valence-corrected chi connectivity index (χ1v) is 12.0. The fourth-order valence-corrected chi connectivity index (χ4v) is 4.32. The number of pyridine rings is 1. The van der Waals surface area contributed by atoms with Crippen molar-refractivity contribution in [2.45, 2.75) is 32.5 Å². The van der Waals surface area contributed by atoms with Crippen molar-refractivity contribution in [3.63, 3.8) is 0 Å². The number of hydrogen-bond acceptors (Lipinski definition) is 8. The van der Waals surface area contributed by atoms with Crippen molar-refractivity contribution in [1.29, 1.82) is 0 Å². The average molecular weight is 496 g/mol. The van der Waals surface area contributed by atoms with Crippen LogP contribution in [0, 0.1) is 17.8 Å². The monoisotopic (exact) mass is 495 g/mol. The molecule has 0 spiro atoms. The van der Waals surface area contributed by atoms with Crippen LogP contribution >= 0.6 is 0 Å². The number of carbonyl (C=O) groups is 1. The average Bonchev–Trinajstić information content (AvgIpc) is 3.34. The van der Waals surface area contributed by atoms with Gasteiger partial charge in [-0.2, -0.15) is 0 Å². The lowest BCUT2D eigenvalue weighted by atomic mass is 9.99. The Balaban J connectivity index is 1.57. The predicted molar refractivity (Wildman–Crippen MR) is 133 cm³/mol. The molecule has 0 saturated carbocycles. The topological polar surface area (TPSA) is 93.6 Å². The van der Waals surface area contributed by atoms with Crippen molar-refractivity contribution in [1.82, 2.24) is 14.8 Å². The summed E-state index contributed by atoms with van der Waals surface area (Å²) < 4.78 is 22.3. The minimum absolute atomic E-state index is 0.00160. The summed E-state index contributed by atoms with van der Waals surface area (Å²) in [5.41, 5.74) is 2.04. The minimum Gasteiger partial charge on any atom is -0.472 e. The molecule has 0 unspecified atom stereocenters. The molecule has 9 nitrogen and oxygen atoms in total. The normalized spacial score (nSPS) is 19.6. The zero-order valence-corrected chi connectivity index (χ0v) is 21.2. The molecule has 4 rings (SSSR count). The summed E-state index contributed by atoms with van der Waals surface area (Å²) in [6, 6.07) is 7.30. The van der Waals surface area contributed by atoms with Crippen LogP contribution in [0.4, 0.5) is 0 Å². The summed E-state index contributed by atoms with van der Waals surface area (Å²) in [5, 5.41) is 9.84. The van der Waals surface area contributed by atoms with E-state index in [0.29, 0.717) is 30.8 Å². The molecule has 1 aromatic heterocycles. The third-order valence-electron chi connectivity index (χ3n) is 6.35. The van der Waals surface area contributed by atoms with Gasteiger partial charge in [0.15, 0.2) is 11.5 Å². The minimum atomic E-state index is -0.346. The largest absolute Gasteiger partial charge is 0.472 e. The van der Waals surface area contributed by atoms with E-state index in [9.17, 15) is 9.90 Å². The number of aromatic nitrogens is 1. The van der Waals surface area contributed by atoms with Crippen LogP contribution in [-0.4, -0.2) is 85.2 Å². The number of rotatable bonds is 7. The first-order chi connectivity index (χ1) is 17.4. The number of likely N-dealkylation sites (N-methyl/N-ethyl adjacent to an activating group) is 1. The molecule has 3 heterocycles. The van der Waals surface area contributed by atoms with Gasteiger partial charge >= 0.3 is 0 Å². The summed E-state index contributed by atoms with van der Waals surface area (Å²) in [4.78, 5) is 21.8. The molecule has 1 amide bonds. The molecule has 2 aromatic rings. The Labute approximate surface area is 211 Å². The first kappa shape index (κ1) is 25.8. The van der Waals surface area contributed by atoms with Crippen molar-refractivity contribution in [3.05, 3.63) is 47.2 Å². The Morgan fingerprint density at radius 2 is 2.11 bits per heavy atom. The Hall–Kier alpha value is -3.32. The maximum Gasteiger partial charge on any atom is 0.259 e. The number of aliphatic hydroxyl groups is 1.